The van der Waals surface area contributed by atoms with Gasteiger partial charge in [0, 0.05) is 23.3 Å². The van der Waals surface area contributed by atoms with Gasteiger partial charge in [0.15, 0.2) is 0 Å². The fraction of sp³-hybridized carbons (Fsp3) is 0.579. The van der Waals surface area contributed by atoms with Gasteiger partial charge in [-0.15, -0.1) is 0 Å². The number of hydrogen-bond acceptors (Lipinski definition) is 3. The molecule has 1 aromatic carbocycles. The number of aliphatic carboxylic acids is 1. The fourth-order valence-corrected chi connectivity index (χ4v) is 3.69. The number of rotatable bonds is 5. The molecule has 0 unspecified atom stereocenters. The lowest BCUT2D eigenvalue weighted by Gasteiger charge is -2.42. The number of benzene rings is 1. The number of hydrogen-bond donors (Lipinski definition) is 1. The number of carbonyl (C=O) groups is 2. The lowest BCUT2D eigenvalue weighted by atomic mass is 9.65. The topological polar surface area (TPSA) is 69.2 Å². The highest BCUT2D eigenvalue weighted by Gasteiger charge is 2.54. The number of nitrogens with one attached hydrogen (secondary N) is 1. The number of carbonyl (C=O) groups excluding carboxylic acids is 2. The molecule has 0 saturated heterocycles. The van der Waals surface area contributed by atoms with E-state index < -0.39 is 16.8 Å². The molecule has 1 saturated carbocycles. The number of amides is 1. The van der Waals surface area contributed by atoms with Crippen LogP contribution in [0, 0.1) is 16.7 Å². The zero-order chi connectivity index (χ0) is 17.3. The zero-order valence-corrected chi connectivity index (χ0v) is 14.4. The van der Waals surface area contributed by atoms with Crippen molar-refractivity contribution in [2.45, 2.75) is 53.0 Å². The van der Waals surface area contributed by atoms with Crippen LogP contribution in [-0.2, 0) is 16.0 Å². The molecule has 0 aromatic heterocycles. The molecule has 1 aliphatic carbocycles. The minimum absolute atomic E-state index is 0.00973. The Hall–Kier alpha value is -1.84. The van der Waals surface area contributed by atoms with E-state index in [9.17, 15) is 14.7 Å². The van der Waals surface area contributed by atoms with Crippen LogP contribution in [0.1, 0.15) is 46.1 Å². The third kappa shape index (κ3) is 3.26. The molecular weight excluding hydrogens is 290 g/mol. The lowest BCUT2D eigenvalue weighted by Crippen LogP contribution is -2.51. The van der Waals surface area contributed by atoms with E-state index in [4.69, 9.17) is 0 Å². The fourth-order valence-electron chi connectivity index (χ4n) is 3.69. The second-order valence-electron chi connectivity index (χ2n) is 7.53. The molecule has 1 aliphatic rings. The SMILES string of the molecule is C[C@H](Cc1ccccc1)NC(=O)[C@H]1CC[C@@](C)(C(=O)[O-])C1(C)C. The minimum atomic E-state index is -1.06. The normalized spacial score (nSPS) is 27.4. The predicted octanol–water partition coefficient (Wildman–Crippen LogP) is 1.93. The summed E-state index contributed by atoms with van der Waals surface area (Å²) >= 11 is 0. The largest absolute Gasteiger partial charge is 0.550 e. The van der Waals surface area contributed by atoms with Gasteiger partial charge in [-0.05, 0) is 37.2 Å². The summed E-state index contributed by atoms with van der Waals surface area (Å²) in [6.45, 7) is 7.40. The Kier molecular flexibility index (Phi) is 4.83. The summed E-state index contributed by atoms with van der Waals surface area (Å²) in [4.78, 5) is 24.2. The first kappa shape index (κ1) is 17.5. The Morgan fingerprint density at radius 3 is 2.39 bits per heavy atom. The molecule has 0 aliphatic heterocycles. The molecule has 0 bridgehead atoms. The Labute approximate surface area is 138 Å². The average molecular weight is 316 g/mol. The van der Waals surface area contributed by atoms with Gasteiger partial charge in [-0.1, -0.05) is 51.1 Å². The van der Waals surface area contributed by atoms with Crippen LogP contribution in [0.4, 0.5) is 0 Å². The molecule has 23 heavy (non-hydrogen) atoms. The molecule has 1 N–H and O–H groups in total. The highest BCUT2D eigenvalue weighted by atomic mass is 16.4. The van der Waals surface area contributed by atoms with Crippen molar-refractivity contribution in [3.05, 3.63) is 35.9 Å². The van der Waals surface area contributed by atoms with E-state index >= 15 is 0 Å². The van der Waals surface area contributed by atoms with Crippen molar-refractivity contribution < 1.29 is 14.7 Å². The summed E-state index contributed by atoms with van der Waals surface area (Å²) in [7, 11) is 0. The van der Waals surface area contributed by atoms with Crippen LogP contribution in [0.2, 0.25) is 0 Å². The van der Waals surface area contributed by atoms with Crippen molar-refractivity contribution in [3.63, 3.8) is 0 Å². The summed E-state index contributed by atoms with van der Waals surface area (Å²) in [5.74, 6) is -1.41. The maximum Gasteiger partial charge on any atom is 0.223 e. The van der Waals surface area contributed by atoms with Gasteiger partial charge in [-0.25, -0.2) is 0 Å². The van der Waals surface area contributed by atoms with Crippen LogP contribution >= 0.6 is 0 Å². The molecule has 0 spiro atoms. The van der Waals surface area contributed by atoms with E-state index in [-0.39, 0.29) is 17.9 Å². The average Bonchev–Trinajstić information content (AvgIpc) is 2.71. The van der Waals surface area contributed by atoms with Gasteiger partial charge >= 0.3 is 0 Å². The maximum atomic E-state index is 12.6. The summed E-state index contributed by atoms with van der Waals surface area (Å²) in [5.41, 5.74) is -0.411. The molecule has 126 valence electrons. The number of carboxylic acids is 1. The summed E-state index contributed by atoms with van der Waals surface area (Å²) in [6, 6.07) is 10.0. The second kappa shape index (κ2) is 6.34. The van der Waals surface area contributed by atoms with E-state index in [2.05, 4.69) is 5.32 Å². The van der Waals surface area contributed by atoms with Gasteiger partial charge < -0.3 is 15.2 Å². The first-order valence-corrected chi connectivity index (χ1v) is 8.24. The van der Waals surface area contributed by atoms with Crippen LogP contribution in [0.3, 0.4) is 0 Å². The molecule has 1 amide bonds. The first-order valence-electron chi connectivity index (χ1n) is 8.24. The van der Waals surface area contributed by atoms with Crippen LogP contribution < -0.4 is 10.4 Å². The van der Waals surface area contributed by atoms with Gasteiger partial charge in [0.2, 0.25) is 5.91 Å². The van der Waals surface area contributed by atoms with Gasteiger partial charge in [0.25, 0.3) is 0 Å². The monoisotopic (exact) mass is 316 g/mol. The van der Waals surface area contributed by atoms with E-state index in [1.54, 1.807) is 6.92 Å². The summed E-state index contributed by atoms with van der Waals surface area (Å²) < 4.78 is 0. The van der Waals surface area contributed by atoms with Crippen molar-refractivity contribution in [1.29, 1.82) is 0 Å². The third-order valence-electron chi connectivity index (χ3n) is 5.77. The van der Waals surface area contributed by atoms with Crippen LogP contribution in [0.15, 0.2) is 30.3 Å². The minimum Gasteiger partial charge on any atom is -0.550 e. The van der Waals surface area contributed by atoms with Gasteiger partial charge in [0.1, 0.15) is 0 Å². The molecule has 4 nitrogen and oxygen atoms in total. The Balaban J connectivity index is 2.02. The van der Waals surface area contributed by atoms with Crippen LogP contribution in [0.25, 0.3) is 0 Å². The van der Waals surface area contributed by atoms with Crippen LogP contribution in [0.5, 0.6) is 0 Å². The molecule has 3 atom stereocenters. The Morgan fingerprint density at radius 2 is 1.87 bits per heavy atom. The first-order chi connectivity index (χ1) is 10.7. The van der Waals surface area contributed by atoms with Gasteiger partial charge in [-0.2, -0.15) is 0 Å². The quantitative estimate of drug-likeness (QED) is 0.902. The Bertz CT molecular complexity index is 582. The smallest absolute Gasteiger partial charge is 0.223 e. The summed E-state index contributed by atoms with van der Waals surface area (Å²) in [5, 5.41) is 14.6. The van der Waals surface area contributed by atoms with Gasteiger partial charge in [0.05, 0.1) is 0 Å². The van der Waals surface area contributed by atoms with Gasteiger partial charge in [-0.3, -0.25) is 4.79 Å². The molecule has 0 radical (unpaired) electrons. The Morgan fingerprint density at radius 1 is 1.26 bits per heavy atom. The standard InChI is InChI=1S/C19H27NO3/c1-13(12-14-8-6-5-7-9-14)20-16(21)15-10-11-19(4,17(22)23)18(15,2)3/h5-9,13,15H,10-12H2,1-4H3,(H,20,21)(H,22,23)/p-1/t13-,15-,19+/m1/s1. The van der Waals surface area contributed by atoms with Crippen molar-refractivity contribution in [1.82, 2.24) is 5.32 Å². The lowest BCUT2D eigenvalue weighted by molar-refractivity contribution is -0.323. The molecule has 1 fully saturated rings. The molecular formula is C19H26NO3-. The van der Waals surface area contributed by atoms with Crippen molar-refractivity contribution in [2.75, 3.05) is 0 Å². The van der Waals surface area contributed by atoms with E-state index in [1.165, 1.54) is 5.56 Å². The molecule has 1 aromatic rings. The predicted molar refractivity (Wildman–Crippen MR) is 87.4 cm³/mol. The van der Waals surface area contributed by atoms with E-state index in [0.717, 1.165) is 6.42 Å². The van der Waals surface area contributed by atoms with E-state index in [1.807, 2.05) is 51.1 Å². The van der Waals surface area contributed by atoms with Crippen molar-refractivity contribution in [2.24, 2.45) is 16.7 Å². The molecule has 4 heteroatoms. The van der Waals surface area contributed by atoms with Crippen LogP contribution in [-0.4, -0.2) is 17.9 Å². The van der Waals surface area contributed by atoms with Crippen molar-refractivity contribution in [3.8, 4) is 0 Å². The molecule has 0 heterocycles. The van der Waals surface area contributed by atoms with E-state index in [0.29, 0.717) is 12.8 Å². The number of carboxylic acid groups (broad SMARTS) is 1. The zero-order valence-electron chi connectivity index (χ0n) is 14.4. The second-order valence-corrected chi connectivity index (χ2v) is 7.53. The third-order valence-corrected chi connectivity index (χ3v) is 5.77. The maximum absolute atomic E-state index is 12.6. The highest BCUT2D eigenvalue weighted by Crippen LogP contribution is 2.55. The summed E-state index contributed by atoms with van der Waals surface area (Å²) in [6.07, 6.45) is 1.83. The van der Waals surface area contributed by atoms with Crippen molar-refractivity contribution >= 4 is 11.9 Å². The molecule has 2 rings (SSSR count). The highest BCUT2D eigenvalue weighted by molar-refractivity contribution is 5.83.